The average Bonchev–Trinajstić information content (AvgIpc) is 2.46. The zero-order valence-corrected chi connectivity index (χ0v) is 12.2. The Kier molecular flexibility index (Phi) is 4.70. The summed E-state index contributed by atoms with van der Waals surface area (Å²) in [5.41, 5.74) is 8.17. The van der Waals surface area contributed by atoms with Crippen molar-refractivity contribution in [1.29, 1.82) is 0 Å². The Balaban J connectivity index is 2.02. The second-order valence-corrected chi connectivity index (χ2v) is 5.18. The van der Waals surface area contributed by atoms with Gasteiger partial charge in [-0.25, -0.2) is 4.39 Å². The third kappa shape index (κ3) is 3.89. The standard InChI is InChI=1S/C17H19FN2O/c1-11-3-5-13(6-4-11)12(2)20-10-15-8-7-14(17(19)21)9-16(15)18/h3-9,12,20H,10H2,1-2H3,(H2,19,21). The van der Waals surface area contributed by atoms with E-state index < -0.39 is 11.7 Å². The number of hydrogen-bond donors (Lipinski definition) is 2. The molecule has 0 aliphatic heterocycles. The van der Waals surface area contributed by atoms with Crippen molar-refractivity contribution in [3.63, 3.8) is 0 Å². The predicted octanol–water partition coefficient (Wildman–Crippen LogP) is 3.08. The summed E-state index contributed by atoms with van der Waals surface area (Å²) in [7, 11) is 0. The van der Waals surface area contributed by atoms with Gasteiger partial charge in [-0.2, -0.15) is 0 Å². The molecule has 0 spiro atoms. The Morgan fingerprint density at radius 2 is 1.90 bits per heavy atom. The van der Waals surface area contributed by atoms with Gasteiger partial charge in [0.1, 0.15) is 5.82 Å². The smallest absolute Gasteiger partial charge is 0.248 e. The van der Waals surface area contributed by atoms with Gasteiger partial charge in [0.05, 0.1) is 0 Å². The molecular weight excluding hydrogens is 267 g/mol. The summed E-state index contributed by atoms with van der Waals surface area (Å²) in [5.74, 6) is -1.05. The fourth-order valence-corrected chi connectivity index (χ4v) is 2.08. The van der Waals surface area contributed by atoms with E-state index in [9.17, 15) is 9.18 Å². The minimum absolute atomic E-state index is 0.112. The minimum Gasteiger partial charge on any atom is -0.366 e. The number of carbonyl (C=O) groups is 1. The molecule has 1 atom stereocenters. The molecule has 110 valence electrons. The average molecular weight is 286 g/mol. The normalized spacial score (nSPS) is 12.1. The molecule has 3 N–H and O–H groups in total. The van der Waals surface area contributed by atoms with Crippen LogP contribution in [0.5, 0.6) is 0 Å². The molecule has 3 nitrogen and oxygen atoms in total. The predicted molar refractivity (Wildman–Crippen MR) is 81.4 cm³/mol. The molecular formula is C17H19FN2O. The molecule has 0 aliphatic carbocycles. The lowest BCUT2D eigenvalue weighted by molar-refractivity contribution is 0.1000. The van der Waals surface area contributed by atoms with Gasteiger partial charge in [-0.05, 0) is 31.5 Å². The second-order valence-electron chi connectivity index (χ2n) is 5.18. The van der Waals surface area contributed by atoms with E-state index in [-0.39, 0.29) is 11.6 Å². The number of primary amides is 1. The summed E-state index contributed by atoms with van der Waals surface area (Å²) in [6, 6.07) is 12.6. The van der Waals surface area contributed by atoms with Gasteiger partial charge in [-0.3, -0.25) is 4.79 Å². The van der Waals surface area contributed by atoms with Crippen LogP contribution >= 0.6 is 0 Å². The quantitative estimate of drug-likeness (QED) is 0.887. The molecule has 4 heteroatoms. The minimum atomic E-state index is -0.624. The molecule has 2 aromatic carbocycles. The van der Waals surface area contributed by atoms with E-state index in [0.717, 1.165) is 5.56 Å². The van der Waals surface area contributed by atoms with Gasteiger partial charge in [0.25, 0.3) is 0 Å². The Morgan fingerprint density at radius 3 is 2.48 bits per heavy atom. The third-order valence-corrected chi connectivity index (χ3v) is 3.51. The summed E-state index contributed by atoms with van der Waals surface area (Å²) in [4.78, 5) is 11.0. The van der Waals surface area contributed by atoms with Crippen molar-refractivity contribution >= 4 is 5.91 Å². The van der Waals surface area contributed by atoms with Gasteiger partial charge in [0.2, 0.25) is 5.91 Å². The van der Waals surface area contributed by atoms with Crippen LogP contribution in [-0.2, 0) is 6.54 Å². The van der Waals surface area contributed by atoms with E-state index in [1.165, 1.54) is 11.6 Å². The van der Waals surface area contributed by atoms with Crippen LogP contribution in [-0.4, -0.2) is 5.91 Å². The molecule has 0 saturated heterocycles. The SMILES string of the molecule is Cc1ccc(C(C)NCc2ccc(C(N)=O)cc2F)cc1. The lowest BCUT2D eigenvalue weighted by Crippen LogP contribution is -2.19. The van der Waals surface area contributed by atoms with Crippen molar-refractivity contribution in [3.8, 4) is 0 Å². The van der Waals surface area contributed by atoms with Crippen molar-refractivity contribution in [2.45, 2.75) is 26.4 Å². The van der Waals surface area contributed by atoms with Crippen LogP contribution in [0.1, 0.15) is 40.0 Å². The molecule has 2 aromatic rings. The van der Waals surface area contributed by atoms with Crippen LogP contribution in [0.4, 0.5) is 4.39 Å². The zero-order chi connectivity index (χ0) is 15.4. The first kappa shape index (κ1) is 15.2. The van der Waals surface area contributed by atoms with E-state index in [4.69, 9.17) is 5.73 Å². The maximum Gasteiger partial charge on any atom is 0.248 e. The summed E-state index contributed by atoms with van der Waals surface area (Å²) < 4.78 is 13.9. The highest BCUT2D eigenvalue weighted by Crippen LogP contribution is 2.15. The molecule has 0 aromatic heterocycles. The first-order chi connectivity index (χ1) is 9.97. The van der Waals surface area contributed by atoms with Crippen LogP contribution < -0.4 is 11.1 Å². The van der Waals surface area contributed by atoms with E-state index in [1.807, 2.05) is 13.8 Å². The number of nitrogens with two attached hydrogens (primary N) is 1. The van der Waals surface area contributed by atoms with Crippen LogP contribution in [0.2, 0.25) is 0 Å². The number of halogens is 1. The molecule has 0 heterocycles. The van der Waals surface area contributed by atoms with E-state index >= 15 is 0 Å². The van der Waals surface area contributed by atoms with Gasteiger partial charge < -0.3 is 11.1 Å². The van der Waals surface area contributed by atoms with E-state index in [0.29, 0.717) is 12.1 Å². The fraction of sp³-hybridized carbons (Fsp3) is 0.235. The molecule has 0 radical (unpaired) electrons. The maximum atomic E-state index is 13.9. The lowest BCUT2D eigenvalue weighted by atomic mass is 10.1. The molecule has 0 saturated carbocycles. The molecule has 21 heavy (non-hydrogen) atoms. The monoisotopic (exact) mass is 286 g/mol. The highest BCUT2D eigenvalue weighted by molar-refractivity contribution is 5.92. The topological polar surface area (TPSA) is 55.1 Å². The number of rotatable bonds is 5. The van der Waals surface area contributed by atoms with Crippen LogP contribution in [0.3, 0.4) is 0 Å². The van der Waals surface area contributed by atoms with Crippen LogP contribution in [0.15, 0.2) is 42.5 Å². The largest absolute Gasteiger partial charge is 0.366 e. The molecule has 2 rings (SSSR count). The molecule has 0 bridgehead atoms. The van der Waals surface area contributed by atoms with Crippen molar-refractivity contribution < 1.29 is 9.18 Å². The molecule has 0 aliphatic rings. The van der Waals surface area contributed by atoms with Crippen molar-refractivity contribution in [2.24, 2.45) is 5.73 Å². The Labute approximate surface area is 124 Å². The molecule has 0 fully saturated rings. The van der Waals surface area contributed by atoms with E-state index in [2.05, 4.69) is 29.6 Å². The summed E-state index contributed by atoms with van der Waals surface area (Å²) in [5, 5.41) is 3.27. The van der Waals surface area contributed by atoms with Gasteiger partial charge in [0.15, 0.2) is 0 Å². The van der Waals surface area contributed by atoms with Gasteiger partial charge in [-0.1, -0.05) is 35.9 Å². The van der Waals surface area contributed by atoms with Crippen LogP contribution in [0, 0.1) is 12.7 Å². The van der Waals surface area contributed by atoms with E-state index in [1.54, 1.807) is 12.1 Å². The van der Waals surface area contributed by atoms with Gasteiger partial charge >= 0.3 is 0 Å². The van der Waals surface area contributed by atoms with Crippen molar-refractivity contribution in [2.75, 3.05) is 0 Å². The maximum absolute atomic E-state index is 13.9. The van der Waals surface area contributed by atoms with Crippen LogP contribution in [0.25, 0.3) is 0 Å². The summed E-state index contributed by atoms with van der Waals surface area (Å²) in [6.07, 6.45) is 0. The Morgan fingerprint density at radius 1 is 1.24 bits per heavy atom. The van der Waals surface area contributed by atoms with Gasteiger partial charge in [-0.15, -0.1) is 0 Å². The molecule has 1 unspecified atom stereocenters. The second kappa shape index (κ2) is 6.50. The lowest BCUT2D eigenvalue weighted by Gasteiger charge is -2.15. The highest BCUT2D eigenvalue weighted by Gasteiger charge is 2.09. The number of carbonyl (C=O) groups excluding carboxylic acids is 1. The van der Waals surface area contributed by atoms with Crippen molar-refractivity contribution in [3.05, 3.63) is 70.5 Å². The number of nitrogens with one attached hydrogen (secondary N) is 1. The molecule has 1 amide bonds. The first-order valence-corrected chi connectivity index (χ1v) is 6.85. The summed E-state index contributed by atoms with van der Waals surface area (Å²) >= 11 is 0. The van der Waals surface area contributed by atoms with Crippen molar-refractivity contribution in [1.82, 2.24) is 5.32 Å². The number of benzene rings is 2. The summed E-state index contributed by atoms with van der Waals surface area (Å²) in [6.45, 7) is 4.46. The highest BCUT2D eigenvalue weighted by atomic mass is 19.1. The fourth-order valence-electron chi connectivity index (χ4n) is 2.08. The number of amides is 1. The third-order valence-electron chi connectivity index (χ3n) is 3.51. The Bertz CT molecular complexity index is 638. The Hall–Kier alpha value is -2.20. The number of hydrogen-bond acceptors (Lipinski definition) is 2. The van der Waals surface area contributed by atoms with Gasteiger partial charge in [0, 0.05) is 23.7 Å². The zero-order valence-electron chi connectivity index (χ0n) is 12.2. The first-order valence-electron chi connectivity index (χ1n) is 6.85. The number of aryl methyl sites for hydroxylation is 1.